The highest BCUT2D eigenvalue weighted by Gasteiger charge is 2.45. The molecule has 0 spiro atoms. The summed E-state index contributed by atoms with van der Waals surface area (Å²) in [5.74, 6) is 0. The van der Waals surface area contributed by atoms with Gasteiger partial charge in [-0.1, -0.05) is 6.07 Å². The number of rotatable bonds is 1. The number of hydrogen-bond donors (Lipinski definition) is 1. The third-order valence-corrected chi connectivity index (χ3v) is 2.87. The molecule has 1 N–H and O–H groups in total. The smallest absolute Gasteiger partial charge is 0.137 e. The summed E-state index contributed by atoms with van der Waals surface area (Å²) in [5, 5.41) is 10.1. The zero-order valence-corrected chi connectivity index (χ0v) is 8.07. The molecule has 0 bridgehead atoms. The Balaban J connectivity index is 2.36. The van der Waals surface area contributed by atoms with Crippen molar-refractivity contribution in [1.29, 1.82) is 0 Å². The molecule has 1 saturated carbocycles. The van der Waals surface area contributed by atoms with E-state index in [-0.39, 0.29) is 0 Å². The first-order valence-electron chi connectivity index (χ1n) is 4.87. The molecule has 0 saturated heterocycles. The summed E-state index contributed by atoms with van der Waals surface area (Å²) in [5.41, 5.74) is 2.22. The van der Waals surface area contributed by atoms with E-state index in [2.05, 4.69) is 4.98 Å². The maximum atomic E-state index is 10.1. The van der Waals surface area contributed by atoms with E-state index in [1.807, 2.05) is 35.7 Å². The van der Waals surface area contributed by atoms with Crippen molar-refractivity contribution in [3.05, 3.63) is 35.8 Å². The van der Waals surface area contributed by atoms with Crippen molar-refractivity contribution >= 4 is 5.65 Å². The first-order valence-corrected chi connectivity index (χ1v) is 4.87. The van der Waals surface area contributed by atoms with Gasteiger partial charge in [0, 0.05) is 6.20 Å². The number of pyridine rings is 1. The lowest BCUT2D eigenvalue weighted by Gasteiger charge is -2.08. The molecule has 0 amide bonds. The molecule has 1 aliphatic rings. The molecule has 1 aliphatic carbocycles. The van der Waals surface area contributed by atoms with Crippen LogP contribution in [0.3, 0.4) is 0 Å². The van der Waals surface area contributed by atoms with Gasteiger partial charge in [-0.05, 0) is 31.9 Å². The molecule has 72 valence electrons. The van der Waals surface area contributed by atoms with E-state index in [0.29, 0.717) is 0 Å². The van der Waals surface area contributed by atoms with Crippen molar-refractivity contribution in [3.8, 4) is 0 Å². The van der Waals surface area contributed by atoms with Crippen molar-refractivity contribution in [2.45, 2.75) is 25.4 Å². The Bertz CT molecular complexity index is 497. The number of hydrogen-bond acceptors (Lipinski definition) is 2. The van der Waals surface area contributed by atoms with E-state index in [1.54, 1.807) is 0 Å². The van der Waals surface area contributed by atoms with Gasteiger partial charge >= 0.3 is 0 Å². The van der Waals surface area contributed by atoms with Crippen molar-refractivity contribution in [2.24, 2.45) is 0 Å². The van der Waals surface area contributed by atoms with Crippen molar-refractivity contribution in [1.82, 2.24) is 9.38 Å². The Labute approximate surface area is 82.0 Å². The predicted molar refractivity (Wildman–Crippen MR) is 53.1 cm³/mol. The van der Waals surface area contributed by atoms with E-state index in [0.717, 1.165) is 29.9 Å². The quantitative estimate of drug-likeness (QED) is 0.738. The van der Waals surface area contributed by atoms with Gasteiger partial charge in [-0.25, -0.2) is 4.98 Å². The van der Waals surface area contributed by atoms with Gasteiger partial charge in [-0.15, -0.1) is 0 Å². The maximum absolute atomic E-state index is 10.1. The lowest BCUT2D eigenvalue weighted by Crippen LogP contribution is -2.09. The summed E-state index contributed by atoms with van der Waals surface area (Å²) in [4.78, 5) is 4.42. The highest BCUT2D eigenvalue weighted by molar-refractivity contribution is 5.45. The largest absolute Gasteiger partial charge is 0.384 e. The van der Waals surface area contributed by atoms with Crippen LogP contribution in [0.5, 0.6) is 0 Å². The van der Waals surface area contributed by atoms with Gasteiger partial charge in [-0.2, -0.15) is 0 Å². The van der Waals surface area contributed by atoms with E-state index in [1.165, 1.54) is 0 Å². The summed E-state index contributed by atoms with van der Waals surface area (Å²) < 4.78 is 1.99. The molecular formula is C11H12N2O. The molecule has 3 heteroatoms. The third kappa shape index (κ3) is 0.930. The van der Waals surface area contributed by atoms with Gasteiger partial charge in [0.05, 0.1) is 11.4 Å². The molecule has 0 atom stereocenters. The van der Waals surface area contributed by atoms with Gasteiger partial charge in [-0.3, -0.25) is 0 Å². The number of aromatic nitrogens is 2. The van der Waals surface area contributed by atoms with Gasteiger partial charge in [0.15, 0.2) is 0 Å². The number of aliphatic hydroxyl groups is 1. The first kappa shape index (κ1) is 8.00. The maximum Gasteiger partial charge on any atom is 0.137 e. The Morgan fingerprint density at radius 2 is 2.21 bits per heavy atom. The van der Waals surface area contributed by atoms with E-state index in [4.69, 9.17) is 0 Å². The fraction of sp³-hybridized carbons (Fsp3) is 0.364. The minimum Gasteiger partial charge on any atom is -0.384 e. The molecule has 14 heavy (non-hydrogen) atoms. The molecule has 0 aromatic carbocycles. The van der Waals surface area contributed by atoms with Gasteiger partial charge < -0.3 is 9.51 Å². The zero-order chi connectivity index (χ0) is 9.76. The predicted octanol–water partition coefficient (Wildman–Crippen LogP) is 1.62. The van der Waals surface area contributed by atoms with Crippen LogP contribution in [0.25, 0.3) is 5.65 Å². The average Bonchev–Trinajstić information content (AvgIpc) is 2.79. The third-order valence-electron chi connectivity index (χ3n) is 2.87. The molecule has 0 radical (unpaired) electrons. The summed E-state index contributed by atoms with van der Waals surface area (Å²) in [6, 6.07) is 5.88. The second-order valence-corrected chi connectivity index (χ2v) is 4.01. The fourth-order valence-electron chi connectivity index (χ4n) is 2.03. The summed E-state index contributed by atoms with van der Waals surface area (Å²) in [6.45, 7) is 1.96. The summed E-state index contributed by atoms with van der Waals surface area (Å²) in [6.07, 6.45) is 3.67. The molecule has 1 fully saturated rings. The number of aryl methyl sites for hydroxylation is 1. The lowest BCUT2D eigenvalue weighted by molar-refractivity contribution is 0.144. The second kappa shape index (κ2) is 2.36. The minimum atomic E-state index is -0.606. The SMILES string of the molecule is Cc1nc2ccccn2c1C1(O)CC1. The number of nitrogens with zero attached hydrogens (tertiary/aromatic N) is 2. The van der Waals surface area contributed by atoms with Gasteiger partial charge in [0.25, 0.3) is 0 Å². The monoisotopic (exact) mass is 188 g/mol. The molecular weight excluding hydrogens is 176 g/mol. The van der Waals surface area contributed by atoms with E-state index in [9.17, 15) is 5.11 Å². The molecule has 3 nitrogen and oxygen atoms in total. The topological polar surface area (TPSA) is 37.5 Å². The van der Waals surface area contributed by atoms with Crippen molar-refractivity contribution in [2.75, 3.05) is 0 Å². The molecule has 2 aromatic rings. The second-order valence-electron chi connectivity index (χ2n) is 4.01. The Kier molecular flexibility index (Phi) is 1.35. The van der Waals surface area contributed by atoms with Crippen LogP contribution in [-0.4, -0.2) is 14.5 Å². The van der Waals surface area contributed by atoms with Crippen LogP contribution in [0.2, 0.25) is 0 Å². The standard InChI is InChI=1S/C11H12N2O/c1-8-10(11(14)5-6-11)13-7-3-2-4-9(13)12-8/h2-4,7,14H,5-6H2,1H3. The summed E-state index contributed by atoms with van der Waals surface area (Å²) >= 11 is 0. The molecule has 2 heterocycles. The normalized spacial score (nSPS) is 18.7. The zero-order valence-electron chi connectivity index (χ0n) is 8.07. The highest BCUT2D eigenvalue weighted by atomic mass is 16.3. The van der Waals surface area contributed by atoms with Crippen LogP contribution in [0.4, 0.5) is 0 Å². The van der Waals surface area contributed by atoms with Crippen LogP contribution in [0, 0.1) is 6.92 Å². The van der Waals surface area contributed by atoms with Crippen LogP contribution < -0.4 is 0 Å². The molecule has 0 aliphatic heterocycles. The molecule has 0 unspecified atom stereocenters. The van der Waals surface area contributed by atoms with Gasteiger partial charge in [0.2, 0.25) is 0 Å². The van der Waals surface area contributed by atoms with E-state index >= 15 is 0 Å². The van der Waals surface area contributed by atoms with Crippen LogP contribution in [0.15, 0.2) is 24.4 Å². The summed E-state index contributed by atoms with van der Waals surface area (Å²) in [7, 11) is 0. The number of imidazole rings is 1. The Morgan fingerprint density at radius 1 is 1.43 bits per heavy atom. The first-order chi connectivity index (χ1) is 6.71. The lowest BCUT2D eigenvalue weighted by atomic mass is 10.2. The van der Waals surface area contributed by atoms with E-state index < -0.39 is 5.60 Å². The highest BCUT2D eigenvalue weighted by Crippen LogP contribution is 2.46. The average molecular weight is 188 g/mol. The van der Waals surface area contributed by atoms with Crippen LogP contribution >= 0.6 is 0 Å². The van der Waals surface area contributed by atoms with Crippen molar-refractivity contribution in [3.63, 3.8) is 0 Å². The minimum absolute atomic E-state index is 0.606. The fourth-order valence-corrected chi connectivity index (χ4v) is 2.03. The van der Waals surface area contributed by atoms with Crippen molar-refractivity contribution < 1.29 is 5.11 Å². The van der Waals surface area contributed by atoms with Crippen LogP contribution in [-0.2, 0) is 5.60 Å². The number of fused-ring (bicyclic) bond motifs is 1. The Morgan fingerprint density at radius 3 is 2.93 bits per heavy atom. The van der Waals surface area contributed by atoms with Crippen LogP contribution in [0.1, 0.15) is 24.2 Å². The Hall–Kier alpha value is -1.35. The van der Waals surface area contributed by atoms with Gasteiger partial charge in [0.1, 0.15) is 11.2 Å². The molecule has 2 aromatic heterocycles. The molecule has 3 rings (SSSR count).